The summed E-state index contributed by atoms with van der Waals surface area (Å²) < 4.78 is 0. The first kappa shape index (κ1) is 85.5. The van der Waals surface area contributed by atoms with Crippen molar-refractivity contribution >= 4 is 32.3 Å². The summed E-state index contributed by atoms with van der Waals surface area (Å²) in [4.78, 5) is 43.9. The zero-order valence-electron chi connectivity index (χ0n) is 74.6. The van der Waals surface area contributed by atoms with Crippen molar-refractivity contribution < 1.29 is 0 Å². The maximum Gasteiger partial charge on any atom is 0.164 e. The van der Waals surface area contributed by atoms with Gasteiger partial charge in [-0.25, -0.2) is 44.9 Å². The normalized spacial score (nSPS) is 10.9. The van der Waals surface area contributed by atoms with E-state index in [9.17, 15) is 15.8 Å². The fourth-order valence-corrected chi connectivity index (χ4v) is 17.6. The number of hydrogen-bond acceptors (Lipinski definition) is 12. The smallest absolute Gasteiger partial charge is 0.164 e. The average molecular weight is 1760 g/mol. The lowest BCUT2D eigenvalue weighted by atomic mass is 9.88. The molecule has 12 heteroatoms. The van der Waals surface area contributed by atoms with E-state index in [1.165, 1.54) is 32.5 Å². The largest absolute Gasteiger partial charge is 0.208 e. The summed E-state index contributed by atoms with van der Waals surface area (Å²) in [5.41, 5.74) is 27.9. The minimum Gasteiger partial charge on any atom is -0.208 e. The third kappa shape index (κ3) is 18.5. The molecule has 0 aliphatic rings. The highest BCUT2D eigenvalue weighted by Crippen LogP contribution is 2.44. The maximum absolute atomic E-state index is 9.64. The number of nitriles is 3. The molecular weight excluding hydrogens is 1680 g/mol. The summed E-state index contributed by atoms with van der Waals surface area (Å²) in [6.07, 6.45) is 0. The summed E-state index contributed by atoms with van der Waals surface area (Å²) >= 11 is 0. The lowest BCUT2D eigenvalue weighted by Crippen LogP contribution is -2.00. The van der Waals surface area contributed by atoms with Gasteiger partial charge >= 0.3 is 0 Å². The first-order valence-corrected chi connectivity index (χ1v) is 45.4. The van der Waals surface area contributed by atoms with E-state index in [2.05, 4.69) is 249 Å². The molecule has 0 bridgehead atoms. The molecule has 3 aromatic heterocycles. The fraction of sp³-hybridized carbons (Fsp3) is 0. The van der Waals surface area contributed by atoms with Gasteiger partial charge in [0, 0.05) is 50.1 Å². The highest BCUT2D eigenvalue weighted by Gasteiger charge is 2.22. The molecule has 23 aromatic rings. The molecule has 0 fully saturated rings. The molecular formula is C126H80N12. The first-order chi connectivity index (χ1) is 68.2. The van der Waals surface area contributed by atoms with Crippen LogP contribution in [-0.4, -0.2) is 44.9 Å². The maximum atomic E-state index is 9.64. The van der Waals surface area contributed by atoms with E-state index in [0.29, 0.717) is 69.1 Å². The number of rotatable bonds is 17. The van der Waals surface area contributed by atoms with Crippen LogP contribution in [-0.2, 0) is 0 Å². The lowest BCUT2D eigenvalue weighted by Gasteiger charge is -2.15. The number of nitrogens with zero attached hydrogens (tertiary/aromatic N) is 12. The lowest BCUT2D eigenvalue weighted by molar-refractivity contribution is 1.07. The molecule has 0 saturated heterocycles. The Labute approximate surface area is 799 Å². The Bertz CT molecular complexity index is 8340. The van der Waals surface area contributed by atoms with Crippen molar-refractivity contribution in [2.45, 2.75) is 0 Å². The van der Waals surface area contributed by atoms with Crippen LogP contribution in [0.4, 0.5) is 0 Å². The molecule has 0 saturated carbocycles. The molecule has 0 aliphatic heterocycles. The second kappa shape index (κ2) is 39.4. The minimum absolute atomic E-state index is 0.626. The molecule has 644 valence electrons. The second-order valence-corrected chi connectivity index (χ2v) is 33.2. The van der Waals surface area contributed by atoms with E-state index in [1.807, 2.05) is 255 Å². The third-order valence-corrected chi connectivity index (χ3v) is 24.6. The van der Waals surface area contributed by atoms with Crippen molar-refractivity contribution in [2.24, 2.45) is 0 Å². The first-order valence-electron chi connectivity index (χ1n) is 45.4. The molecule has 23 rings (SSSR count). The monoisotopic (exact) mass is 1760 g/mol. The molecule has 0 spiro atoms. The van der Waals surface area contributed by atoms with E-state index < -0.39 is 0 Å². The zero-order valence-corrected chi connectivity index (χ0v) is 74.6. The van der Waals surface area contributed by atoms with Crippen LogP contribution in [0.2, 0.25) is 0 Å². The van der Waals surface area contributed by atoms with Gasteiger partial charge in [-0.1, -0.05) is 443 Å². The Morgan fingerprint density at radius 1 is 0.138 bits per heavy atom. The molecule has 20 aromatic carbocycles. The van der Waals surface area contributed by atoms with Gasteiger partial charge in [0.05, 0.1) is 34.9 Å². The molecule has 0 atom stereocenters. The number of hydrogen-bond donors (Lipinski definition) is 0. The fourth-order valence-electron chi connectivity index (χ4n) is 17.6. The Kier molecular flexibility index (Phi) is 24.4. The summed E-state index contributed by atoms with van der Waals surface area (Å²) in [5.74, 6) is 5.73. The van der Waals surface area contributed by atoms with Gasteiger partial charge in [-0.3, -0.25) is 0 Å². The molecule has 0 radical (unpaired) electrons. The summed E-state index contributed by atoms with van der Waals surface area (Å²) in [6.45, 7) is 0. The SMILES string of the molecule is N#Cc1ccc(-c2cc(-c3ccc(-c4nc(-c5ccccc5)nc(-c5ccccc5)n4)cc3)cc3ccccc23)cc1.N#Cc1cccc(-c2ccc(-c3ccc4ccccc4c3-c3ccc(-c4nc(-c5ccccc5)nc(-c5ccccc5)n4)cc3)cc2)c1.N#Cc1ccccc1-c1ccc(-c2ccc3ccccc3c2-c2ccc(-c3nc(-c4ccccc4)nc(-c4ccccc4)n3)cc2)cc1. The van der Waals surface area contributed by atoms with Crippen LogP contribution in [0.25, 0.3) is 224 Å². The van der Waals surface area contributed by atoms with Crippen molar-refractivity contribution in [3.8, 4) is 210 Å². The van der Waals surface area contributed by atoms with Gasteiger partial charge in [0.15, 0.2) is 52.4 Å². The van der Waals surface area contributed by atoms with Crippen molar-refractivity contribution in [1.29, 1.82) is 15.8 Å². The van der Waals surface area contributed by atoms with Gasteiger partial charge in [0.25, 0.3) is 0 Å². The van der Waals surface area contributed by atoms with Crippen LogP contribution >= 0.6 is 0 Å². The van der Waals surface area contributed by atoms with Gasteiger partial charge in [0.2, 0.25) is 0 Å². The van der Waals surface area contributed by atoms with Gasteiger partial charge in [-0.15, -0.1) is 0 Å². The number of benzene rings is 20. The Hall–Kier alpha value is -19.3. The van der Waals surface area contributed by atoms with Gasteiger partial charge in [-0.05, 0) is 164 Å². The van der Waals surface area contributed by atoms with Crippen LogP contribution in [0.1, 0.15) is 16.7 Å². The molecule has 12 nitrogen and oxygen atoms in total. The summed E-state index contributed by atoms with van der Waals surface area (Å²) in [7, 11) is 0. The van der Waals surface area contributed by atoms with Crippen molar-refractivity contribution in [3.05, 3.63) is 502 Å². The summed E-state index contributed by atoms with van der Waals surface area (Å²) in [5, 5.41) is 35.3. The van der Waals surface area contributed by atoms with Crippen LogP contribution in [0, 0.1) is 34.0 Å². The van der Waals surface area contributed by atoms with Crippen LogP contribution < -0.4 is 0 Å². The second-order valence-electron chi connectivity index (χ2n) is 33.2. The number of aromatic nitrogens is 9. The zero-order chi connectivity index (χ0) is 92.9. The van der Waals surface area contributed by atoms with Gasteiger partial charge in [-0.2, -0.15) is 15.8 Å². The van der Waals surface area contributed by atoms with E-state index in [1.54, 1.807) is 0 Å². The average Bonchev–Trinajstić information content (AvgIpc) is 0.766. The van der Waals surface area contributed by atoms with Crippen molar-refractivity contribution in [3.63, 3.8) is 0 Å². The highest BCUT2D eigenvalue weighted by atomic mass is 15.1. The Morgan fingerprint density at radius 2 is 0.406 bits per heavy atom. The molecule has 0 N–H and O–H groups in total. The van der Waals surface area contributed by atoms with Crippen molar-refractivity contribution in [2.75, 3.05) is 0 Å². The van der Waals surface area contributed by atoms with E-state index >= 15 is 0 Å². The molecule has 0 unspecified atom stereocenters. The van der Waals surface area contributed by atoms with E-state index in [4.69, 9.17) is 44.9 Å². The summed E-state index contributed by atoms with van der Waals surface area (Å²) in [6, 6.07) is 171. The Morgan fingerprint density at radius 3 is 0.768 bits per heavy atom. The predicted octanol–water partition coefficient (Wildman–Crippen LogP) is 31.0. The quantitative estimate of drug-likeness (QED) is 0.0840. The Balaban J connectivity index is 0.000000124. The van der Waals surface area contributed by atoms with Crippen LogP contribution in [0.5, 0.6) is 0 Å². The number of fused-ring (bicyclic) bond motifs is 3. The van der Waals surface area contributed by atoms with Gasteiger partial charge in [0.1, 0.15) is 0 Å². The highest BCUT2D eigenvalue weighted by molar-refractivity contribution is 6.07. The molecule has 0 amide bonds. The van der Waals surface area contributed by atoms with Crippen LogP contribution in [0.3, 0.4) is 0 Å². The third-order valence-electron chi connectivity index (χ3n) is 24.6. The molecule has 138 heavy (non-hydrogen) atoms. The molecule has 3 heterocycles. The van der Waals surface area contributed by atoms with Gasteiger partial charge < -0.3 is 0 Å². The topological polar surface area (TPSA) is 187 Å². The molecule has 0 aliphatic carbocycles. The van der Waals surface area contributed by atoms with Crippen molar-refractivity contribution in [1.82, 2.24) is 44.9 Å². The van der Waals surface area contributed by atoms with E-state index in [-0.39, 0.29) is 0 Å². The predicted molar refractivity (Wildman–Crippen MR) is 559 cm³/mol. The van der Waals surface area contributed by atoms with Crippen LogP contribution in [0.15, 0.2) is 485 Å². The minimum atomic E-state index is 0.626. The standard InChI is InChI=1S/2C44H28N4.C38H24N4/c45-29-37-16-8-9-17-38(37)31-19-21-32(22-20-31)40-28-27-30-11-7-10-18-39(30)41(40)33-23-25-36(26-24-33)44-47-42(34-12-3-1-4-13-34)46-43(48-44)35-14-5-2-6-15-35;45-29-30-10-9-16-38(28-30)31-18-20-33(21-19-31)40-27-26-32-11-7-8-17-39(32)41(40)34-22-24-37(25-23-34)44-47-42(35-12-3-1-4-13-35)46-43(48-44)36-14-5-2-6-15-36;39-25-26-15-17-28(18-16-26)35-24-33(23-32-13-7-8-14-34(32)35)27-19-21-31(22-20-27)38-41-36(29-9-3-1-4-10-29)40-37(42-38)30-11-5-2-6-12-30/h2*1-28H;1-24H. The van der Waals surface area contributed by atoms with E-state index in [0.717, 1.165) is 139 Å².